The molecule has 0 saturated heterocycles. The fourth-order valence-corrected chi connectivity index (χ4v) is 2.70. The van der Waals surface area contributed by atoms with Crippen molar-refractivity contribution >= 4 is 23.2 Å². The number of hydrogen-bond acceptors (Lipinski definition) is 3. The van der Waals surface area contributed by atoms with E-state index < -0.39 is 0 Å². The minimum absolute atomic E-state index is 0.0457. The summed E-state index contributed by atoms with van der Waals surface area (Å²) in [7, 11) is 0. The molecule has 0 unspecified atom stereocenters. The zero-order valence-corrected chi connectivity index (χ0v) is 14.9. The average molecular weight is 355 g/mol. The van der Waals surface area contributed by atoms with Crippen LogP contribution in [0.5, 0.6) is 0 Å². The number of halogens is 1. The SMILES string of the molecule is Cc1cc(C)n(-c2ccc(NC(=O)CCc3ccc(Cl)cc3)cn2)n1. The Labute approximate surface area is 151 Å². The largest absolute Gasteiger partial charge is 0.325 e. The summed E-state index contributed by atoms with van der Waals surface area (Å²) in [5.74, 6) is 0.681. The van der Waals surface area contributed by atoms with Crippen LogP contribution in [-0.2, 0) is 11.2 Å². The van der Waals surface area contributed by atoms with Crippen molar-refractivity contribution < 1.29 is 4.79 Å². The third-order valence-corrected chi connectivity index (χ3v) is 4.06. The van der Waals surface area contributed by atoms with Gasteiger partial charge in [-0.05, 0) is 56.2 Å². The monoisotopic (exact) mass is 354 g/mol. The number of carbonyl (C=O) groups is 1. The van der Waals surface area contributed by atoms with E-state index in [4.69, 9.17) is 11.6 Å². The highest BCUT2D eigenvalue weighted by Crippen LogP contribution is 2.14. The minimum Gasteiger partial charge on any atom is -0.325 e. The highest BCUT2D eigenvalue weighted by molar-refractivity contribution is 6.30. The van der Waals surface area contributed by atoms with Crippen LogP contribution in [-0.4, -0.2) is 20.7 Å². The maximum absolute atomic E-state index is 12.1. The summed E-state index contributed by atoms with van der Waals surface area (Å²) < 4.78 is 1.78. The zero-order chi connectivity index (χ0) is 17.8. The van der Waals surface area contributed by atoms with Crippen molar-refractivity contribution in [3.63, 3.8) is 0 Å². The molecule has 0 atom stereocenters. The third-order valence-electron chi connectivity index (χ3n) is 3.81. The fraction of sp³-hybridized carbons (Fsp3) is 0.211. The van der Waals surface area contributed by atoms with Gasteiger partial charge in [0.05, 0.1) is 17.6 Å². The van der Waals surface area contributed by atoms with Gasteiger partial charge < -0.3 is 5.32 Å². The van der Waals surface area contributed by atoms with Gasteiger partial charge in [0.2, 0.25) is 5.91 Å². The number of anilines is 1. The summed E-state index contributed by atoms with van der Waals surface area (Å²) in [5.41, 5.74) is 3.72. The molecule has 0 aliphatic carbocycles. The van der Waals surface area contributed by atoms with E-state index in [1.165, 1.54) is 0 Å². The Morgan fingerprint density at radius 2 is 1.92 bits per heavy atom. The number of pyridine rings is 1. The molecule has 0 bridgehead atoms. The second-order valence-electron chi connectivity index (χ2n) is 5.92. The molecule has 25 heavy (non-hydrogen) atoms. The van der Waals surface area contributed by atoms with Gasteiger partial charge in [-0.2, -0.15) is 5.10 Å². The van der Waals surface area contributed by atoms with Gasteiger partial charge >= 0.3 is 0 Å². The number of aromatic nitrogens is 3. The molecule has 3 aromatic rings. The van der Waals surface area contributed by atoms with Crippen LogP contribution in [0.25, 0.3) is 5.82 Å². The molecule has 1 aromatic carbocycles. The average Bonchev–Trinajstić information content (AvgIpc) is 2.93. The lowest BCUT2D eigenvalue weighted by atomic mass is 10.1. The van der Waals surface area contributed by atoms with Crippen LogP contribution >= 0.6 is 11.6 Å². The normalized spacial score (nSPS) is 10.7. The van der Waals surface area contributed by atoms with Crippen molar-refractivity contribution in [3.8, 4) is 5.82 Å². The Hall–Kier alpha value is -2.66. The first-order valence-corrected chi connectivity index (χ1v) is 8.43. The molecular weight excluding hydrogens is 336 g/mol. The molecule has 128 valence electrons. The van der Waals surface area contributed by atoms with Gasteiger partial charge in [0.1, 0.15) is 0 Å². The Balaban J connectivity index is 1.58. The summed E-state index contributed by atoms with van der Waals surface area (Å²) in [6.45, 7) is 3.92. The van der Waals surface area contributed by atoms with Crippen molar-refractivity contribution in [2.45, 2.75) is 26.7 Å². The molecule has 5 nitrogen and oxygen atoms in total. The van der Waals surface area contributed by atoms with Crippen LogP contribution < -0.4 is 5.32 Å². The Bertz CT molecular complexity index is 869. The third kappa shape index (κ3) is 4.45. The van der Waals surface area contributed by atoms with E-state index in [0.717, 1.165) is 22.8 Å². The summed E-state index contributed by atoms with van der Waals surface area (Å²) in [6, 6.07) is 13.2. The van der Waals surface area contributed by atoms with Crippen molar-refractivity contribution in [3.05, 3.63) is 70.6 Å². The van der Waals surface area contributed by atoms with Crippen LogP contribution in [0, 0.1) is 13.8 Å². The van der Waals surface area contributed by atoms with E-state index in [9.17, 15) is 4.79 Å². The second kappa shape index (κ2) is 7.49. The summed E-state index contributed by atoms with van der Waals surface area (Å²) in [6.07, 6.45) is 2.72. The molecule has 0 aliphatic rings. The molecule has 0 aliphatic heterocycles. The first kappa shape index (κ1) is 17.2. The van der Waals surface area contributed by atoms with Crippen molar-refractivity contribution in [1.29, 1.82) is 0 Å². The number of nitrogens with zero attached hydrogens (tertiary/aromatic N) is 3. The van der Waals surface area contributed by atoms with Crippen LogP contribution in [0.2, 0.25) is 5.02 Å². The molecule has 6 heteroatoms. The topological polar surface area (TPSA) is 59.8 Å². The van der Waals surface area contributed by atoms with Crippen molar-refractivity contribution in [1.82, 2.24) is 14.8 Å². The number of aryl methyl sites for hydroxylation is 3. The lowest BCUT2D eigenvalue weighted by Crippen LogP contribution is -2.13. The van der Waals surface area contributed by atoms with E-state index in [0.29, 0.717) is 23.6 Å². The second-order valence-corrected chi connectivity index (χ2v) is 6.36. The van der Waals surface area contributed by atoms with Gasteiger partial charge in [-0.3, -0.25) is 4.79 Å². The quantitative estimate of drug-likeness (QED) is 0.750. The van der Waals surface area contributed by atoms with Gasteiger partial charge in [-0.15, -0.1) is 0 Å². The van der Waals surface area contributed by atoms with Gasteiger partial charge in [0, 0.05) is 17.1 Å². The van der Waals surface area contributed by atoms with Crippen LogP contribution in [0.3, 0.4) is 0 Å². The van der Waals surface area contributed by atoms with Crippen LogP contribution in [0.15, 0.2) is 48.7 Å². The molecule has 1 amide bonds. The number of carbonyl (C=O) groups excluding carboxylic acids is 1. The Kier molecular flexibility index (Phi) is 5.14. The predicted molar refractivity (Wildman–Crippen MR) is 99.2 cm³/mol. The molecule has 0 spiro atoms. The van der Waals surface area contributed by atoms with Gasteiger partial charge in [0.25, 0.3) is 0 Å². The number of benzene rings is 1. The molecular formula is C19H19ClN4O. The van der Waals surface area contributed by atoms with Crippen molar-refractivity contribution in [2.24, 2.45) is 0 Å². The predicted octanol–water partition coefficient (Wildman–Crippen LogP) is 4.11. The minimum atomic E-state index is -0.0457. The van der Waals surface area contributed by atoms with Gasteiger partial charge in [-0.25, -0.2) is 9.67 Å². The maximum Gasteiger partial charge on any atom is 0.224 e. The van der Waals surface area contributed by atoms with E-state index >= 15 is 0 Å². The van der Waals surface area contributed by atoms with E-state index in [2.05, 4.69) is 15.4 Å². The highest BCUT2D eigenvalue weighted by Gasteiger charge is 2.07. The van der Waals surface area contributed by atoms with Crippen molar-refractivity contribution in [2.75, 3.05) is 5.32 Å². The standard InChI is InChI=1S/C19H19ClN4O/c1-13-11-14(2)24(23-13)18-9-8-17(12-21-18)22-19(25)10-5-15-3-6-16(20)7-4-15/h3-4,6-9,11-12H,5,10H2,1-2H3,(H,22,25). The molecule has 2 aromatic heterocycles. The summed E-state index contributed by atoms with van der Waals surface area (Å²) >= 11 is 5.86. The number of hydrogen-bond donors (Lipinski definition) is 1. The Morgan fingerprint density at radius 3 is 2.52 bits per heavy atom. The molecule has 0 fully saturated rings. The maximum atomic E-state index is 12.1. The van der Waals surface area contributed by atoms with Gasteiger partial charge in [-0.1, -0.05) is 23.7 Å². The lowest BCUT2D eigenvalue weighted by Gasteiger charge is -2.07. The zero-order valence-electron chi connectivity index (χ0n) is 14.2. The van der Waals surface area contributed by atoms with E-state index in [1.807, 2.05) is 56.3 Å². The number of nitrogens with one attached hydrogen (secondary N) is 1. The summed E-state index contributed by atoms with van der Waals surface area (Å²) in [5, 5.41) is 7.96. The van der Waals surface area contributed by atoms with Gasteiger partial charge in [0.15, 0.2) is 5.82 Å². The molecule has 2 heterocycles. The molecule has 3 rings (SSSR count). The number of amides is 1. The van der Waals surface area contributed by atoms with E-state index in [1.54, 1.807) is 10.9 Å². The van der Waals surface area contributed by atoms with E-state index in [-0.39, 0.29) is 5.91 Å². The fourth-order valence-electron chi connectivity index (χ4n) is 2.58. The lowest BCUT2D eigenvalue weighted by molar-refractivity contribution is -0.116. The highest BCUT2D eigenvalue weighted by atomic mass is 35.5. The molecule has 0 saturated carbocycles. The Morgan fingerprint density at radius 1 is 1.16 bits per heavy atom. The first-order valence-electron chi connectivity index (χ1n) is 8.05. The molecule has 1 N–H and O–H groups in total. The first-order chi connectivity index (χ1) is 12.0. The number of rotatable bonds is 5. The smallest absolute Gasteiger partial charge is 0.224 e. The van der Waals surface area contributed by atoms with Crippen LogP contribution in [0.1, 0.15) is 23.4 Å². The van der Waals surface area contributed by atoms with Crippen LogP contribution in [0.4, 0.5) is 5.69 Å². The summed E-state index contributed by atoms with van der Waals surface area (Å²) in [4.78, 5) is 16.5. The molecule has 0 radical (unpaired) electrons.